The van der Waals surface area contributed by atoms with Crippen LogP contribution in [0, 0.1) is 12.3 Å². The first-order chi connectivity index (χ1) is 23.9. The highest BCUT2D eigenvalue weighted by molar-refractivity contribution is 5.94. The Bertz CT molecular complexity index is 1650. The monoisotopic (exact) mass is 678 g/mol. The minimum Gasteiger partial charge on any atom is -0.492 e. The standard InChI is InChI=1S/C30H38N12O7/c1-2-10-46-12-14-48-16-17-49-15-13-47-11-9-32-24(43)8-7-23(26-39-41-42-40-26)36-28(44)20-3-5-21(6-4-20)33-18-22-19-34-27-25(35-22)29(45)38-30(31)37-27/h1,3-6,19,23,33H,7-18H2,(H,32,43)(H,36,44)(H,39,40,41,42)(H3,31,34,37,38,45)/t23-/m0/s1. The van der Waals surface area contributed by atoms with E-state index < -0.39 is 6.04 Å². The van der Waals surface area contributed by atoms with Crippen molar-refractivity contribution >= 4 is 34.6 Å². The van der Waals surface area contributed by atoms with Gasteiger partial charge in [-0.1, -0.05) is 11.1 Å². The van der Waals surface area contributed by atoms with Gasteiger partial charge in [0.15, 0.2) is 17.0 Å². The molecule has 3 heterocycles. The first kappa shape index (κ1) is 36.3. The van der Waals surface area contributed by atoms with Gasteiger partial charge < -0.3 is 45.7 Å². The number of aromatic amines is 1. The molecular weight excluding hydrogens is 640 g/mol. The van der Waals surface area contributed by atoms with Gasteiger partial charge in [-0.15, -0.1) is 16.6 Å². The topological polar surface area (TPSA) is 259 Å². The Balaban J connectivity index is 1.13. The first-order valence-corrected chi connectivity index (χ1v) is 15.3. The summed E-state index contributed by atoms with van der Waals surface area (Å²) in [5.41, 5.74) is 7.48. The molecule has 0 unspecified atom stereocenters. The second-order valence-electron chi connectivity index (χ2n) is 10.1. The summed E-state index contributed by atoms with van der Waals surface area (Å²) in [5, 5.41) is 32.7. The highest BCUT2D eigenvalue weighted by atomic mass is 16.6. The molecule has 49 heavy (non-hydrogen) atoms. The van der Waals surface area contributed by atoms with Gasteiger partial charge in [0.05, 0.1) is 70.7 Å². The zero-order valence-corrected chi connectivity index (χ0v) is 26.6. The van der Waals surface area contributed by atoms with Crippen LogP contribution in [0.25, 0.3) is 11.2 Å². The summed E-state index contributed by atoms with van der Waals surface area (Å²) in [7, 11) is 0. The molecule has 2 amide bonds. The van der Waals surface area contributed by atoms with E-state index in [1.165, 1.54) is 6.20 Å². The van der Waals surface area contributed by atoms with Crippen LogP contribution < -0.4 is 21.7 Å². The summed E-state index contributed by atoms with van der Waals surface area (Å²) in [6.07, 6.45) is 6.94. The fraction of sp³-hybridized carbons (Fsp3) is 0.433. The van der Waals surface area contributed by atoms with Crippen molar-refractivity contribution in [1.29, 1.82) is 0 Å². The van der Waals surface area contributed by atoms with E-state index in [1.54, 1.807) is 24.3 Å². The van der Waals surface area contributed by atoms with Gasteiger partial charge in [-0.25, -0.2) is 9.97 Å². The number of amides is 2. The average Bonchev–Trinajstić information content (AvgIpc) is 3.65. The molecule has 0 aliphatic heterocycles. The summed E-state index contributed by atoms with van der Waals surface area (Å²) in [4.78, 5) is 41.6. The number of nitrogens with zero attached hydrogens (tertiary/aromatic N) is 7. The Morgan fingerprint density at radius 1 is 0.980 bits per heavy atom. The third-order valence-corrected chi connectivity index (χ3v) is 6.59. The van der Waals surface area contributed by atoms with E-state index in [9.17, 15) is 14.7 Å². The number of aromatic hydroxyl groups is 1. The van der Waals surface area contributed by atoms with Crippen molar-refractivity contribution in [2.45, 2.75) is 25.4 Å². The van der Waals surface area contributed by atoms with Crippen molar-refractivity contribution in [1.82, 2.24) is 51.2 Å². The smallest absolute Gasteiger partial charge is 0.251 e. The molecule has 0 fully saturated rings. The van der Waals surface area contributed by atoms with Gasteiger partial charge in [0.1, 0.15) is 6.61 Å². The van der Waals surface area contributed by atoms with Crippen LogP contribution in [0.5, 0.6) is 5.88 Å². The molecule has 0 saturated heterocycles. The van der Waals surface area contributed by atoms with Crippen LogP contribution >= 0.6 is 0 Å². The summed E-state index contributed by atoms with van der Waals surface area (Å²) < 4.78 is 21.3. The number of hydrogen-bond donors (Lipinski definition) is 6. The highest BCUT2D eigenvalue weighted by Gasteiger charge is 2.21. The maximum atomic E-state index is 13.1. The molecule has 0 bridgehead atoms. The number of terminal acetylenes is 1. The molecule has 4 rings (SSSR count). The van der Waals surface area contributed by atoms with Gasteiger partial charge >= 0.3 is 0 Å². The average molecular weight is 679 g/mol. The highest BCUT2D eigenvalue weighted by Crippen LogP contribution is 2.19. The van der Waals surface area contributed by atoms with Gasteiger partial charge in [-0.2, -0.15) is 15.2 Å². The van der Waals surface area contributed by atoms with Crippen LogP contribution in [0.2, 0.25) is 0 Å². The number of nitrogen functional groups attached to an aromatic ring is 1. The molecule has 1 aromatic carbocycles. The minimum absolute atomic E-state index is 0.0990. The van der Waals surface area contributed by atoms with E-state index in [2.05, 4.69) is 62.4 Å². The Hall–Kier alpha value is -5.55. The third-order valence-electron chi connectivity index (χ3n) is 6.59. The normalized spacial score (nSPS) is 11.6. The van der Waals surface area contributed by atoms with E-state index in [0.717, 1.165) is 0 Å². The van der Waals surface area contributed by atoms with Crippen molar-refractivity contribution in [3.63, 3.8) is 0 Å². The molecule has 0 aliphatic carbocycles. The number of anilines is 2. The molecule has 0 aliphatic rings. The summed E-state index contributed by atoms with van der Waals surface area (Å²) in [5.74, 6) is 1.58. The first-order valence-electron chi connectivity index (χ1n) is 15.3. The molecule has 0 spiro atoms. The minimum atomic E-state index is -0.662. The van der Waals surface area contributed by atoms with Crippen molar-refractivity contribution in [3.05, 3.63) is 47.5 Å². The van der Waals surface area contributed by atoms with E-state index in [-0.39, 0.29) is 66.6 Å². The summed E-state index contributed by atoms with van der Waals surface area (Å²) in [6.45, 7) is 3.71. The number of aromatic nitrogens is 8. The second kappa shape index (κ2) is 20.0. The Kier molecular flexibility index (Phi) is 14.8. The molecule has 260 valence electrons. The predicted molar refractivity (Wildman–Crippen MR) is 174 cm³/mol. The molecule has 4 aromatic rings. The third kappa shape index (κ3) is 12.5. The molecule has 1 atom stereocenters. The Labute approximate surface area is 281 Å². The zero-order valence-electron chi connectivity index (χ0n) is 26.6. The predicted octanol–water partition coefficient (Wildman–Crippen LogP) is -0.100. The fourth-order valence-electron chi connectivity index (χ4n) is 4.21. The van der Waals surface area contributed by atoms with Crippen molar-refractivity contribution < 1.29 is 33.6 Å². The number of tetrazole rings is 1. The number of hydrogen-bond acceptors (Lipinski definition) is 16. The van der Waals surface area contributed by atoms with E-state index in [0.29, 0.717) is 69.7 Å². The lowest BCUT2D eigenvalue weighted by atomic mass is 10.1. The van der Waals surface area contributed by atoms with Crippen LogP contribution in [0.1, 0.15) is 40.8 Å². The number of nitrogens with two attached hydrogens (primary N) is 1. The van der Waals surface area contributed by atoms with Gasteiger partial charge in [-0.3, -0.25) is 9.59 Å². The molecular formula is C30H38N12O7. The van der Waals surface area contributed by atoms with Crippen LogP contribution in [0.4, 0.5) is 11.6 Å². The molecule has 19 heteroatoms. The fourth-order valence-corrected chi connectivity index (χ4v) is 4.21. The lowest BCUT2D eigenvalue weighted by Gasteiger charge is -2.16. The molecule has 19 nitrogen and oxygen atoms in total. The molecule has 0 radical (unpaired) electrons. The van der Waals surface area contributed by atoms with Gasteiger partial charge in [-0.05, 0) is 30.7 Å². The Morgan fingerprint density at radius 3 is 2.39 bits per heavy atom. The number of rotatable bonds is 22. The number of nitrogens with one attached hydrogen (secondary N) is 4. The van der Waals surface area contributed by atoms with Crippen molar-refractivity contribution in [2.24, 2.45) is 0 Å². The molecule has 0 saturated carbocycles. The van der Waals surface area contributed by atoms with Gasteiger partial charge in [0.2, 0.25) is 17.7 Å². The van der Waals surface area contributed by atoms with E-state index in [1.807, 2.05) is 0 Å². The lowest BCUT2D eigenvalue weighted by molar-refractivity contribution is -0.121. The number of benzene rings is 1. The van der Waals surface area contributed by atoms with E-state index >= 15 is 0 Å². The lowest BCUT2D eigenvalue weighted by Crippen LogP contribution is -2.32. The number of ether oxygens (including phenoxy) is 4. The maximum absolute atomic E-state index is 13.1. The maximum Gasteiger partial charge on any atom is 0.251 e. The van der Waals surface area contributed by atoms with Crippen molar-refractivity contribution in [2.75, 3.05) is 70.5 Å². The molecule has 7 N–H and O–H groups in total. The van der Waals surface area contributed by atoms with Gasteiger partial charge in [0.25, 0.3) is 5.91 Å². The van der Waals surface area contributed by atoms with Crippen LogP contribution in [-0.2, 0) is 30.3 Å². The SMILES string of the molecule is C#CCOCCOCCOCCOCCNC(=O)CC[C@H](NC(=O)c1ccc(NCc2cnc3nc(N)nc(O)c3n2)cc1)c1nn[nH]n1. The van der Waals surface area contributed by atoms with Crippen molar-refractivity contribution in [3.8, 4) is 18.2 Å². The quantitative estimate of drug-likeness (QED) is 0.0468. The van der Waals surface area contributed by atoms with Crippen LogP contribution in [0.15, 0.2) is 30.5 Å². The number of carbonyl (C=O) groups excluding carboxylic acids is 2. The number of H-pyrrole nitrogens is 1. The zero-order chi connectivity index (χ0) is 34.7. The number of fused-ring (bicyclic) bond motifs is 1. The number of carbonyl (C=O) groups is 2. The van der Waals surface area contributed by atoms with Crippen LogP contribution in [0.3, 0.4) is 0 Å². The van der Waals surface area contributed by atoms with Gasteiger partial charge in [0, 0.05) is 24.2 Å². The summed E-state index contributed by atoms with van der Waals surface area (Å²) >= 11 is 0. The Morgan fingerprint density at radius 2 is 1.69 bits per heavy atom. The van der Waals surface area contributed by atoms with E-state index in [4.69, 9.17) is 31.1 Å². The second-order valence-corrected chi connectivity index (χ2v) is 10.1. The molecule has 3 aromatic heterocycles. The largest absolute Gasteiger partial charge is 0.492 e. The summed E-state index contributed by atoms with van der Waals surface area (Å²) in [6, 6.07) is 6.08. The van der Waals surface area contributed by atoms with Crippen LogP contribution in [-0.4, -0.2) is 117 Å².